The van der Waals surface area contributed by atoms with Crippen LogP contribution in [0.1, 0.15) is 35.4 Å². The minimum absolute atomic E-state index is 0.740. The minimum atomic E-state index is 0.740. The molecule has 0 unspecified atom stereocenters. The van der Waals surface area contributed by atoms with Gasteiger partial charge in [0.25, 0.3) is 0 Å². The lowest BCUT2D eigenvalue weighted by Gasteiger charge is -2.24. The summed E-state index contributed by atoms with van der Waals surface area (Å²) in [5.74, 6) is 0.740. The lowest BCUT2D eigenvalue weighted by molar-refractivity contribution is 0.460. The summed E-state index contributed by atoms with van der Waals surface area (Å²) in [4.78, 5) is 0. The second-order valence-corrected chi connectivity index (χ2v) is 4.40. The number of rotatable bonds is 1. The highest BCUT2D eigenvalue weighted by Gasteiger charge is 2.16. The van der Waals surface area contributed by atoms with Crippen molar-refractivity contribution in [3.63, 3.8) is 0 Å². The molecule has 0 spiro atoms. The second kappa shape index (κ2) is 4.14. The predicted molar refractivity (Wildman–Crippen MR) is 60.8 cm³/mol. The van der Waals surface area contributed by atoms with Gasteiger partial charge in [0.15, 0.2) is 0 Å². The van der Waals surface area contributed by atoms with Gasteiger partial charge in [-0.2, -0.15) is 0 Å². The van der Waals surface area contributed by atoms with Crippen LogP contribution in [0, 0.1) is 13.8 Å². The van der Waals surface area contributed by atoms with Gasteiger partial charge in [-0.1, -0.05) is 23.8 Å². The van der Waals surface area contributed by atoms with E-state index in [4.69, 9.17) is 0 Å². The van der Waals surface area contributed by atoms with E-state index in [-0.39, 0.29) is 0 Å². The van der Waals surface area contributed by atoms with Crippen molar-refractivity contribution in [1.82, 2.24) is 5.32 Å². The average molecular weight is 189 g/mol. The van der Waals surface area contributed by atoms with Crippen molar-refractivity contribution in [1.29, 1.82) is 0 Å². The molecule has 0 amide bonds. The number of hydrogen-bond acceptors (Lipinski definition) is 1. The molecule has 1 aromatic carbocycles. The molecule has 1 heterocycles. The highest BCUT2D eigenvalue weighted by atomic mass is 14.9. The highest BCUT2D eigenvalue weighted by molar-refractivity contribution is 5.33. The summed E-state index contributed by atoms with van der Waals surface area (Å²) in [6.45, 7) is 6.75. The first-order valence-electron chi connectivity index (χ1n) is 5.55. The molecule has 1 N–H and O–H groups in total. The SMILES string of the molecule is Cc1ccc([C@@H]2CCCNC2)c(C)c1. The van der Waals surface area contributed by atoms with E-state index in [1.807, 2.05) is 0 Å². The quantitative estimate of drug-likeness (QED) is 0.716. The third-order valence-electron chi connectivity index (χ3n) is 3.16. The van der Waals surface area contributed by atoms with Crippen molar-refractivity contribution < 1.29 is 0 Å². The van der Waals surface area contributed by atoms with Gasteiger partial charge in [-0.25, -0.2) is 0 Å². The molecule has 0 aromatic heterocycles. The van der Waals surface area contributed by atoms with Crippen LogP contribution in [0.5, 0.6) is 0 Å². The Bertz CT molecular complexity index is 311. The van der Waals surface area contributed by atoms with E-state index >= 15 is 0 Å². The number of benzene rings is 1. The Morgan fingerprint density at radius 2 is 2.14 bits per heavy atom. The Hall–Kier alpha value is -0.820. The van der Waals surface area contributed by atoms with Crippen LogP contribution < -0.4 is 5.32 Å². The van der Waals surface area contributed by atoms with E-state index in [9.17, 15) is 0 Å². The molecule has 0 bridgehead atoms. The van der Waals surface area contributed by atoms with Crippen molar-refractivity contribution in [3.05, 3.63) is 34.9 Å². The molecule has 1 fully saturated rings. The second-order valence-electron chi connectivity index (χ2n) is 4.40. The third kappa shape index (κ3) is 1.98. The van der Waals surface area contributed by atoms with E-state index in [2.05, 4.69) is 37.4 Å². The van der Waals surface area contributed by atoms with Crippen LogP contribution >= 0.6 is 0 Å². The van der Waals surface area contributed by atoms with Crippen molar-refractivity contribution in [2.24, 2.45) is 0 Å². The minimum Gasteiger partial charge on any atom is -0.316 e. The zero-order valence-electron chi connectivity index (χ0n) is 9.14. The number of nitrogens with one attached hydrogen (secondary N) is 1. The van der Waals surface area contributed by atoms with E-state index in [0.717, 1.165) is 12.5 Å². The zero-order valence-corrected chi connectivity index (χ0v) is 9.14. The molecule has 2 rings (SSSR count). The Morgan fingerprint density at radius 3 is 2.79 bits per heavy atom. The van der Waals surface area contributed by atoms with Gasteiger partial charge < -0.3 is 5.32 Å². The van der Waals surface area contributed by atoms with Crippen molar-refractivity contribution >= 4 is 0 Å². The van der Waals surface area contributed by atoms with Crippen LogP contribution in [0.15, 0.2) is 18.2 Å². The fourth-order valence-corrected chi connectivity index (χ4v) is 2.40. The first-order valence-corrected chi connectivity index (χ1v) is 5.55. The van der Waals surface area contributed by atoms with Crippen LogP contribution in [0.3, 0.4) is 0 Å². The maximum atomic E-state index is 3.48. The van der Waals surface area contributed by atoms with E-state index in [1.54, 1.807) is 5.56 Å². The van der Waals surface area contributed by atoms with Gasteiger partial charge >= 0.3 is 0 Å². The fraction of sp³-hybridized carbons (Fsp3) is 0.538. The van der Waals surface area contributed by atoms with Gasteiger partial charge in [-0.15, -0.1) is 0 Å². The summed E-state index contributed by atoms with van der Waals surface area (Å²) in [6, 6.07) is 6.84. The van der Waals surface area contributed by atoms with E-state index in [1.165, 1.54) is 30.5 Å². The zero-order chi connectivity index (χ0) is 9.97. The Balaban J connectivity index is 2.22. The first kappa shape index (κ1) is 9.72. The molecular weight excluding hydrogens is 170 g/mol. The Labute approximate surface area is 86.5 Å². The molecule has 76 valence electrons. The molecule has 0 radical (unpaired) electrons. The van der Waals surface area contributed by atoms with Crippen molar-refractivity contribution in [2.75, 3.05) is 13.1 Å². The molecule has 1 atom stereocenters. The highest BCUT2D eigenvalue weighted by Crippen LogP contribution is 2.26. The molecule has 0 aliphatic carbocycles. The number of hydrogen-bond donors (Lipinski definition) is 1. The fourth-order valence-electron chi connectivity index (χ4n) is 2.40. The third-order valence-corrected chi connectivity index (χ3v) is 3.16. The standard InChI is InChI=1S/C13H19N/c1-10-5-6-13(11(2)8-10)12-4-3-7-14-9-12/h5-6,8,12,14H,3-4,7,9H2,1-2H3/t12-/m1/s1. The van der Waals surface area contributed by atoms with Crippen LogP contribution in [0.4, 0.5) is 0 Å². The van der Waals surface area contributed by atoms with Gasteiger partial charge in [-0.05, 0) is 50.3 Å². The topological polar surface area (TPSA) is 12.0 Å². The normalized spacial score (nSPS) is 22.3. The molecule has 1 saturated heterocycles. The Morgan fingerprint density at radius 1 is 1.29 bits per heavy atom. The van der Waals surface area contributed by atoms with Gasteiger partial charge in [0.1, 0.15) is 0 Å². The number of piperidine rings is 1. The summed E-state index contributed by atoms with van der Waals surface area (Å²) in [5, 5.41) is 3.48. The van der Waals surface area contributed by atoms with Gasteiger partial charge in [0, 0.05) is 6.54 Å². The summed E-state index contributed by atoms with van der Waals surface area (Å²) in [7, 11) is 0. The first-order chi connectivity index (χ1) is 6.77. The molecule has 1 heteroatoms. The van der Waals surface area contributed by atoms with Crippen LogP contribution in [0.2, 0.25) is 0 Å². The van der Waals surface area contributed by atoms with E-state index < -0.39 is 0 Å². The average Bonchev–Trinajstić information content (AvgIpc) is 2.19. The summed E-state index contributed by atoms with van der Waals surface area (Å²) >= 11 is 0. The molecule has 14 heavy (non-hydrogen) atoms. The molecule has 1 aliphatic heterocycles. The summed E-state index contributed by atoms with van der Waals surface area (Å²) in [6.07, 6.45) is 2.66. The van der Waals surface area contributed by atoms with Crippen molar-refractivity contribution in [3.8, 4) is 0 Å². The van der Waals surface area contributed by atoms with Crippen molar-refractivity contribution in [2.45, 2.75) is 32.6 Å². The smallest absolute Gasteiger partial charge is 0.00202 e. The van der Waals surface area contributed by atoms with Gasteiger partial charge in [-0.3, -0.25) is 0 Å². The lowest BCUT2D eigenvalue weighted by atomic mass is 9.88. The number of aryl methyl sites for hydroxylation is 2. The molecule has 0 saturated carbocycles. The maximum absolute atomic E-state index is 3.48. The lowest BCUT2D eigenvalue weighted by Crippen LogP contribution is -2.28. The molecule has 1 aromatic rings. The van der Waals surface area contributed by atoms with Crippen LogP contribution in [-0.4, -0.2) is 13.1 Å². The maximum Gasteiger partial charge on any atom is 0.00202 e. The van der Waals surface area contributed by atoms with Gasteiger partial charge in [0.05, 0.1) is 0 Å². The van der Waals surface area contributed by atoms with Crippen LogP contribution in [0.25, 0.3) is 0 Å². The Kier molecular flexibility index (Phi) is 2.87. The monoisotopic (exact) mass is 189 g/mol. The predicted octanol–water partition coefficient (Wildman–Crippen LogP) is 2.77. The summed E-state index contributed by atoms with van der Waals surface area (Å²) < 4.78 is 0. The van der Waals surface area contributed by atoms with E-state index in [0.29, 0.717) is 0 Å². The molecular formula is C13H19N. The largest absolute Gasteiger partial charge is 0.316 e. The van der Waals surface area contributed by atoms with Gasteiger partial charge in [0.2, 0.25) is 0 Å². The molecule has 1 nitrogen and oxygen atoms in total. The van der Waals surface area contributed by atoms with Crippen LogP contribution in [-0.2, 0) is 0 Å². The summed E-state index contributed by atoms with van der Waals surface area (Å²) in [5.41, 5.74) is 4.37. The molecule has 1 aliphatic rings.